The van der Waals surface area contributed by atoms with E-state index in [9.17, 15) is 14.9 Å². The molecule has 1 aliphatic heterocycles. The lowest BCUT2D eigenvalue weighted by atomic mass is 9.58. The zero-order valence-corrected chi connectivity index (χ0v) is 18.8. The van der Waals surface area contributed by atoms with E-state index in [-0.39, 0.29) is 13.0 Å². The number of hydrogen-bond donors (Lipinski definition) is 1. The number of benzene rings is 2. The smallest absolute Gasteiger partial charge is 0.337 e. The van der Waals surface area contributed by atoms with Crippen molar-refractivity contribution in [2.75, 3.05) is 6.61 Å². The summed E-state index contributed by atoms with van der Waals surface area (Å²) in [7, 11) is 0. The number of nitrogens with one attached hydrogen (secondary N) is 1. The molecule has 0 aromatic heterocycles. The normalized spacial score (nSPS) is 20.0. The van der Waals surface area contributed by atoms with Gasteiger partial charge in [-0.1, -0.05) is 74.5 Å². The van der Waals surface area contributed by atoms with Gasteiger partial charge in [-0.2, -0.15) is 5.26 Å². The number of ether oxygens (including phenoxy) is 1. The average Bonchev–Trinajstić information content (AvgIpc) is 2.76. The predicted molar refractivity (Wildman–Crippen MR) is 122 cm³/mol. The van der Waals surface area contributed by atoms with Gasteiger partial charge in [0, 0.05) is 17.6 Å². The van der Waals surface area contributed by atoms with Gasteiger partial charge in [0.1, 0.15) is 5.41 Å². The summed E-state index contributed by atoms with van der Waals surface area (Å²) in [4.78, 5) is 26.4. The Morgan fingerprint density at radius 1 is 1.06 bits per heavy atom. The Kier molecular flexibility index (Phi) is 6.87. The van der Waals surface area contributed by atoms with Crippen LogP contribution >= 0.6 is 11.8 Å². The van der Waals surface area contributed by atoms with Gasteiger partial charge in [-0.15, -0.1) is 11.8 Å². The molecule has 0 radical (unpaired) electrons. The van der Waals surface area contributed by atoms with Gasteiger partial charge in [0.05, 0.1) is 23.3 Å². The monoisotopic (exact) mass is 434 g/mol. The molecule has 0 spiro atoms. The molecule has 1 heterocycles. The quantitative estimate of drug-likeness (QED) is 0.644. The van der Waals surface area contributed by atoms with Crippen LogP contribution in [0.25, 0.3) is 0 Å². The van der Waals surface area contributed by atoms with E-state index in [2.05, 4.69) is 11.4 Å². The molecule has 1 N–H and O–H groups in total. The number of carbonyl (C=O) groups is 2. The van der Waals surface area contributed by atoms with Crippen molar-refractivity contribution in [3.05, 3.63) is 82.4 Å². The molecule has 3 rings (SSSR count). The zero-order valence-electron chi connectivity index (χ0n) is 18.0. The maximum absolute atomic E-state index is 13.4. The Labute approximate surface area is 187 Å². The second-order valence-electron chi connectivity index (χ2n) is 7.96. The third-order valence-electron chi connectivity index (χ3n) is 5.74. The Balaban J connectivity index is 2.06. The van der Waals surface area contributed by atoms with Crippen LogP contribution in [0.1, 0.15) is 31.9 Å². The molecule has 1 unspecified atom stereocenters. The number of amides is 1. The summed E-state index contributed by atoms with van der Waals surface area (Å²) in [6, 6.07) is 21.5. The molecule has 6 heteroatoms. The van der Waals surface area contributed by atoms with Gasteiger partial charge >= 0.3 is 5.97 Å². The molecule has 5 nitrogen and oxygen atoms in total. The molecule has 31 heavy (non-hydrogen) atoms. The summed E-state index contributed by atoms with van der Waals surface area (Å²) in [6.07, 6.45) is 0.197. The van der Waals surface area contributed by atoms with Crippen molar-refractivity contribution in [1.82, 2.24) is 5.32 Å². The third kappa shape index (κ3) is 4.38. The van der Waals surface area contributed by atoms with Crippen LogP contribution in [0, 0.1) is 22.2 Å². The summed E-state index contributed by atoms with van der Waals surface area (Å²) < 4.78 is 5.35. The molecule has 0 bridgehead atoms. The lowest BCUT2D eigenvalue weighted by Gasteiger charge is -2.45. The summed E-state index contributed by atoms with van der Waals surface area (Å²) >= 11 is 1.37. The van der Waals surface area contributed by atoms with Gasteiger partial charge in [0.2, 0.25) is 5.91 Å². The summed E-state index contributed by atoms with van der Waals surface area (Å²) in [6.45, 7) is 5.52. The molecule has 0 fully saturated rings. The highest BCUT2D eigenvalue weighted by Crippen LogP contribution is 2.52. The summed E-state index contributed by atoms with van der Waals surface area (Å²) in [5.41, 5.74) is -0.252. The van der Waals surface area contributed by atoms with Crippen molar-refractivity contribution in [1.29, 1.82) is 5.26 Å². The van der Waals surface area contributed by atoms with Crippen molar-refractivity contribution >= 4 is 23.6 Å². The molecule has 0 saturated heterocycles. The van der Waals surface area contributed by atoms with Crippen LogP contribution in [-0.4, -0.2) is 18.5 Å². The first-order valence-electron chi connectivity index (χ1n) is 10.2. The van der Waals surface area contributed by atoms with Crippen LogP contribution in [0.2, 0.25) is 0 Å². The molecule has 2 aromatic rings. The van der Waals surface area contributed by atoms with Crippen molar-refractivity contribution in [3.63, 3.8) is 0 Å². The topological polar surface area (TPSA) is 79.2 Å². The molecule has 0 saturated carbocycles. The fourth-order valence-corrected chi connectivity index (χ4v) is 5.03. The van der Waals surface area contributed by atoms with E-state index in [0.717, 1.165) is 11.1 Å². The average molecular weight is 435 g/mol. The SMILES string of the molecule is CCOC(=O)C1=C(SCc2ccccc2)NC(=O)C(C#N)(Cc2ccccc2)C1(C)C. The fourth-order valence-electron chi connectivity index (χ4n) is 3.88. The Morgan fingerprint density at radius 2 is 1.65 bits per heavy atom. The van der Waals surface area contributed by atoms with E-state index in [1.54, 1.807) is 20.8 Å². The van der Waals surface area contributed by atoms with Gasteiger partial charge in [-0.25, -0.2) is 4.79 Å². The van der Waals surface area contributed by atoms with E-state index < -0.39 is 22.7 Å². The van der Waals surface area contributed by atoms with E-state index in [0.29, 0.717) is 16.4 Å². The minimum absolute atomic E-state index is 0.197. The molecule has 1 atom stereocenters. The first-order chi connectivity index (χ1) is 14.9. The minimum Gasteiger partial charge on any atom is -0.463 e. The highest BCUT2D eigenvalue weighted by molar-refractivity contribution is 8.02. The van der Waals surface area contributed by atoms with E-state index in [4.69, 9.17) is 4.74 Å². The Bertz CT molecular complexity index is 1030. The fraction of sp³-hybridized carbons (Fsp3) is 0.320. The highest BCUT2D eigenvalue weighted by Gasteiger charge is 2.59. The number of nitrogens with zero attached hydrogens (tertiary/aromatic N) is 1. The Hall–Kier alpha value is -3.04. The van der Waals surface area contributed by atoms with E-state index in [1.165, 1.54) is 11.8 Å². The van der Waals surface area contributed by atoms with Crippen LogP contribution in [0.15, 0.2) is 71.3 Å². The molecular formula is C25H26N2O3S. The maximum Gasteiger partial charge on any atom is 0.337 e. The first kappa shape index (κ1) is 22.6. The summed E-state index contributed by atoms with van der Waals surface area (Å²) in [5, 5.41) is 13.6. The molecule has 2 aromatic carbocycles. The van der Waals surface area contributed by atoms with Crippen LogP contribution < -0.4 is 5.32 Å². The number of thioether (sulfide) groups is 1. The summed E-state index contributed by atoms with van der Waals surface area (Å²) in [5.74, 6) is -0.323. The minimum atomic E-state index is -1.45. The second kappa shape index (κ2) is 9.40. The molecule has 1 aliphatic rings. The van der Waals surface area contributed by atoms with Crippen molar-refractivity contribution in [3.8, 4) is 6.07 Å². The second-order valence-corrected chi connectivity index (χ2v) is 8.94. The number of carbonyl (C=O) groups excluding carboxylic acids is 2. The lowest BCUT2D eigenvalue weighted by molar-refractivity contribution is -0.143. The van der Waals surface area contributed by atoms with Crippen LogP contribution in [0.3, 0.4) is 0 Å². The highest BCUT2D eigenvalue weighted by atomic mass is 32.2. The van der Waals surface area contributed by atoms with E-state index in [1.807, 2.05) is 60.7 Å². The van der Waals surface area contributed by atoms with Crippen molar-refractivity contribution in [2.45, 2.75) is 32.9 Å². The van der Waals surface area contributed by atoms with Crippen molar-refractivity contribution < 1.29 is 14.3 Å². The molecule has 0 aliphatic carbocycles. The van der Waals surface area contributed by atoms with Gasteiger partial charge in [-0.05, 0) is 18.1 Å². The van der Waals surface area contributed by atoms with E-state index >= 15 is 0 Å². The van der Waals surface area contributed by atoms with Gasteiger partial charge in [-0.3, -0.25) is 4.79 Å². The number of nitriles is 1. The number of esters is 1. The van der Waals surface area contributed by atoms with Crippen LogP contribution in [0.5, 0.6) is 0 Å². The predicted octanol–water partition coefficient (Wildman–Crippen LogP) is 4.60. The van der Waals surface area contributed by atoms with Crippen LogP contribution in [-0.2, 0) is 26.5 Å². The lowest BCUT2D eigenvalue weighted by Crippen LogP contribution is -2.56. The largest absolute Gasteiger partial charge is 0.463 e. The molecule has 160 valence electrons. The molecule has 1 amide bonds. The van der Waals surface area contributed by atoms with Crippen molar-refractivity contribution in [2.24, 2.45) is 10.8 Å². The number of hydrogen-bond acceptors (Lipinski definition) is 5. The number of rotatable bonds is 7. The third-order valence-corrected chi connectivity index (χ3v) is 6.81. The first-order valence-corrected chi connectivity index (χ1v) is 11.2. The standard InChI is InChI=1S/C25H26N2O3S/c1-4-30-22(28)20-21(31-16-19-13-9-6-10-14-19)27-23(29)25(17-26,24(20,2)3)15-18-11-7-5-8-12-18/h5-14H,4,15-16H2,1-3H3,(H,27,29). The molecular weight excluding hydrogens is 408 g/mol. The van der Waals surface area contributed by atoms with Crippen LogP contribution in [0.4, 0.5) is 0 Å². The maximum atomic E-state index is 13.4. The zero-order chi connectivity index (χ0) is 22.5. The Morgan fingerprint density at radius 3 is 2.19 bits per heavy atom. The van der Waals surface area contributed by atoms with Gasteiger partial charge in [0.15, 0.2) is 0 Å². The van der Waals surface area contributed by atoms with Gasteiger partial charge < -0.3 is 10.1 Å². The van der Waals surface area contributed by atoms with Gasteiger partial charge in [0.25, 0.3) is 0 Å².